The molecule has 3 N–H and O–H groups in total. The van der Waals surface area contributed by atoms with Crippen LogP contribution in [0.5, 0.6) is 0 Å². The van der Waals surface area contributed by atoms with Crippen LogP contribution < -0.4 is 10.5 Å². The van der Waals surface area contributed by atoms with Gasteiger partial charge < -0.3 is 10.6 Å². The molecule has 1 heterocycles. The van der Waals surface area contributed by atoms with Crippen LogP contribution in [0.15, 0.2) is 28.1 Å². The van der Waals surface area contributed by atoms with Crippen molar-refractivity contribution in [3.05, 3.63) is 29.0 Å². The van der Waals surface area contributed by atoms with Gasteiger partial charge in [0.1, 0.15) is 10.7 Å². The van der Waals surface area contributed by atoms with E-state index >= 15 is 0 Å². The Kier molecular flexibility index (Phi) is 6.42. The first-order valence-electron chi connectivity index (χ1n) is 7.79. The molecule has 1 fully saturated rings. The summed E-state index contributed by atoms with van der Waals surface area (Å²) in [5.41, 5.74) is 5.94. The van der Waals surface area contributed by atoms with E-state index in [9.17, 15) is 12.8 Å². The monoisotopic (exact) mass is 376 g/mol. The van der Waals surface area contributed by atoms with E-state index < -0.39 is 20.7 Å². The van der Waals surface area contributed by atoms with E-state index in [0.717, 1.165) is 31.6 Å². The highest BCUT2D eigenvalue weighted by atomic mass is 35.5. The van der Waals surface area contributed by atoms with Gasteiger partial charge in [0.25, 0.3) is 0 Å². The van der Waals surface area contributed by atoms with E-state index in [1.54, 1.807) is 0 Å². The summed E-state index contributed by atoms with van der Waals surface area (Å²) in [5.74, 6) is 0.0950. The van der Waals surface area contributed by atoms with Gasteiger partial charge in [-0.05, 0) is 37.0 Å². The van der Waals surface area contributed by atoms with Crippen LogP contribution in [0, 0.1) is 11.7 Å². The molecule has 9 heteroatoms. The number of hydrogen-bond acceptors (Lipinski definition) is 3. The van der Waals surface area contributed by atoms with Gasteiger partial charge in [-0.25, -0.2) is 17.5 Å². The number of benzene rings is 1. The predicted molar refractivity (Wildman–Crippen MR) is 93.1 cm³/mol. The summed E-state index contributed by atoms with van der Waals surface area (Å²) in [5, 5.41) is 0.139. The lowest BCUT2D eigenvalue weighted by molar-refractivity contribution is 0.270. The molecule has 0 saturated carbocycles. The molecule has 0 aromatic heterocycles. The number of rotatable bonds is 5. The summed E-state index contributed by atoms with van der Waals surface area (Å²) in [6.07, 6.45) is 2.25. The van der Waals surface area contributed by atoms with Gasteiger partial charge in [0.15, 0.2) is 5.96 Å². The van der Waals surface area contributed by atoms with Crippen molar-refractivity contribution >= 4 is 27.6 Å². The van der Waals surface area contributed by atoms with Gasteiger partial charge in [0.2, 0.25) is 10.0 Å². The smallest absolute Gasteiger partial charge is 0.243 e. The van der Waals surface area contributed by atoms with Crippen LogP contribution in [0.2, 0.25) is 5.02 Å². The Morgan fingerprint density at radius 2 is 2.29 bits per heavy atom. The minimum Gasteiger partial charge on any atom is -0.370 e. The average Bonchev–Trinajstić information content (AvgIpc) is 2.51. The van der Waals surface area contributed by atoms with Crippen LogP contribution in [0.25, 0.3) is 0 Å². The maximum atomic E-state index is 13.7. The molecule has 0 aliphatic carbocycles. The molecule has 1 atom stereocenters. The number of halogens is 2. The lowest BCUT2D eigenvalue weighted by atomic mass is 10.0. The third-order valence-electron chi connectivity index (χ3n) is 3.84. The molecule has 1 aromatic rings. The van der Waals surface area contributed by atoms with Crippen LogP contribution in [-0.4, -0.2) is 45.5 Å². The molecular formula is C15H22ClFN4O2S. The summed E-state index contributed by atoms with van der Waals surface area (Å²) in [4.78, 5) is 5.76. The first-order valence-corrected chi connectivity index (χ1v) is 9.65. The Bertz CT molecular complexity index is 711. The molecule has 0 amide bonds. The van der Waals surface area contributed by atoms with Gasteiger partial charge in [-0.2, -0.15) is 0 Å². The molecule has 1 unspecified atom stereocenters. The number of likely N-dealkylation sites (tertiary alicyclic amines) is 1. The number of nitrogens with two attached hydrogens (primary N) is 1. The minimum atomic E-state index is -3.95. The van der Waals surface area contributed by atoms with Gasteiger partial charge in [-0.15, -0.1) is 0 Å². The Morgan fingerprint density at radius 3 is 2.96 bits per heavy atom. The van der Waals surface area contributed by atoms with Crippen LogP contribution in [0.4, 0.5) is 4.39 Å². The molecule has 0 spiro atoms. The first-order chi connectivity index (χ1) is 11.3. The van der Waals surface area contributed by atoms with E-state index in [1.807, 2.05) is 4.90 Å². The third kappa shape index (κ3) is 5.06. The molecule has 1 saturated heterocycles. The number of nitrogens with one attached hydrogen (secondary N) is 1. The molecule has 1 aromatic carbocycles. The Balaban J connectivity index is 1.89. The van der Waals surface area contributed by atoms with Crippen molar-refractivity contribution in [2.45, 2.75) is 24.7 Å². The fraction of sp³-hybridized carbons (Fsp3) is 0.533. The van der Waals surface area contributed by atoms with Crippen molar-refractivity contribution in [1.82, 2.24) is 9.62 Å². The minimum absolute atomic E-state index is 0.0362. The number of nitrogens with zero attached hydrogens (tertiary/aromatic N) is 2. The zero-order valence-corrected chi connectivity index (χ0v) is 15.1. The fourth-order valence-corrected chi connectivity index (χ4v) is 3.86. The summed E-state index contributed by atoms with van der Waals surface area (Å²) in [7, 11) is -3.95. The number of hydrogen-bond donors (Lipinski definition) is 2. The standard InChI is InChI=1S/C15H22ClFN4O2S/c1-11-3-2-8-21(10-11)15(18)19-6-7-20-24(22,23)14-5-4-12(16)9-13(14)17/h4-5,9,11,20H,2-3,6-8,10H2,1H3,(H2,18,19). The van der Waals surface area contributed by atoms with Crippen LogP contribution >= 0.6 is 11.6 Å². The molecule has 1 aliphatic heterocycles. The number of aliphatic imine (C=N–C) groups is 1. The van der Waals surface area contributed by atoms with E-state index in [1.165, 1.54) is 12.5 Å². The summed E-state index contributed by atoms with van der Waals surface area (Å²) < 4.78 is 40.2. The topological polar surface area (TPSA) is 87.8 Å². The zero-order chi connectivity index (χ0) is 17.7. The second-order valence-corrected chi connectivity index (χ2v) is 8.08. The van der Waals surface area contributed by atoms with Crippen LogP contribution in [0.1, 0.15) is 19.8 Å². The van der Waals surface area contributed by atoms with E-state index in [0.29, 0.717) is 11.9 Å². The van der Waals surface area contributed by atoms with Crippen molar-refractivity contribution in [3.63, 3.8) is 0 Å². The predicted octanol–water partition coefficient (Wildman–Crippen LogP) is 1.80. The second-order valence-electron chi connectivity index (χ2n) is 5.91. The lowest BCUT2D eigenvalue weighted by Crippen LogP contribution is -2.43. The highest BCUT2D eigenvalue weighted by Crippen LogP contribution is 2.18. The first kappa shape index (κ1) is 19.0. The van der Waals surface area contributed by atoms with Gasteiger partial charge in [0, 0.05) is 24.7 Å². The second kappa shape index (κ2) is 8.13. The van der Waals surface area contributed by atoms with E-state index in [-0.39, 0.29) is 18.1 Å². The highest BCUT2D eigenvalue weighted by molar-refractivity contribution is 7.89. The van der Waals surface area contributed by atoms with Crippen molar-refractivity contribution in [2.24, 2.45) is 16.6 Å². The van der Waals surface area contributed by atoms with Crippen molar-refractivity contribution in [1.29, 1.82) is 0 Å². The molecule has 24 heavy (non-hydrogen) atoms. The Morgan fingerprint density at radius 1 is 1.54 bits per heavy atom. The molecule has 6 nitrogen and oxygen atoms in total. The zero-order valence-electron chi connectivity index (χ0n) is 13.5. The SMILES string of the molecule is CC1CCCN(C(N)=NCCNS(=O)(=O)c2ccc(Cl)cc2F)C1. The summed E-state index contributed by atoms with van der Waals surface area (Å²) >= 11 is 5.62. The molecular weight excluding hydrogens is 355 g/mol. The maximum Gasteiger partial charge on any atom is 0.243 e. The van der Waals surface area contributed by atoms with Crippen molar-refractivity contribution < 1.29 is 12.8 Å². The lowest BCUT2D eigenvalue weighted by Gasteiger charge is -2.31. The number of guanidine groups is 1. The van der Waals surface area contributed by atoms with Gasteiger partial charge in [0.05, 0.1) is 6.54 Å². The van der Waals surface area contributed by atoms with Gasteiger partial charge in [-0.3, -0.25) is 4.99 Å². The fourth-order valence-electron chi connectivity index (χ4n) is 2.62. The highest BCUT2D eigenvalue weighted by Gasteiger charge is 2.19. The summed E-state index contributed by atoms with van der Waals surface area (Å²) in [6.45, 7) is 4.10. The van der Waals surface area contributed by atoms with E-state index in [4.69, 9.17) is 17.3 Å². The molecule has 2 rings (SSSR count). The van der Waals surface area contributed by atoms with Crippen LogP contribution in [-0.2, 0) is 10.0 Å². The van der Waals surface area contributed by atoms with Gasteiger partial charge in [-0.1, -0.05) is 18.5 Å². The summed E-state index contributed by atoms with van der Waals surface area (Å²) in [6, 6.07) is 3.42. The van der Waals surface area contributed by atoms with Gasteiger partial charge >= 0.3 is 0 Å². The average molecular weight is 377 g/mol. The molecule has 1 aliphatic rings. The Hall–Kier alpha value is -1.38. The Labute approximate surface area is 146 Å². The van der Waals surface area contributed by atoms with Crippen molar-refractivity contribution in [3.8, 4) is 0 Å². The van der Waals surface area contributed by atoms with Crippen LogP contribution in [0.3, 0.4) is 0 Å². The molecule has 0 bridgehead atoms. The number of piperidine rings is 1. The van der Waals surface area contributed by atoms with Crippen molar-refractivity contribution in [2.75, 3.05) is 26.2 Å². The maximum absolute atomic E-state index is 13.7. The largest absolute Gasteiger partial charge is 0.370 e. The third-order valence-corrected chi connectivity index (χ3v) is 5.57. The number of sulfonamides is 1. The molecule has 134 valence electrons. The van der Waals surface area contributed by atoms with E-state index in [2.05, 4.69) is 16.6 Å². The quantitative estimate of drug-likeness (QED) is 0.466. The molecule has 0 radical (unpaired) electrons. The normalized spacial score (nSPS) is 19.5.